The first-order chi connectivity index (χ1) is 11.7. The van der Waals surface area contributed by atoms with Crippen LogP contribution in [0.1, 0.15) is 67.2 Å². The molecule has 0 radical (unpaired) electrons. The second-order valence-electron chi connectivity index (χ2n) is 9.25. The van der Waals surface area contributed by atoms with Crippen LogP contribution in [0.3, 0.4) is 0 Å². The minimum absolute atomic E-state index is 0.234. The summed E-state index contributed by atoms with van der Waals surface area (Å²) in [6.07, 6.45) is 0.389. The van der Waals surface area contributed by atoms with Crippen molar-refractivity contribution in [3.05, 3.63) is 0 Å². The predicted molar refractivity (Wildman–Crippen MR) is 99.0 cm³/mol. The fourth-order valence-corrected chi connectivity index (χ4v) is 4.10. The molecule has 1 aliphatic heterocycles. The van der Waals surface area contributed by atoms with Gasteiger partial charge in [0.2, 0.25) is 0 Å². The molecule has 1 aliphatic carbocycles. The Hall–Kier alpha value is -0.890. The van der Waals surface area contributed by atoms with Crippen LogP contribution in [-0.4, -0.2) is 50.6 Å². The summed E-state index contributed by atoms with van der Waals surface area (Å²) in [6, 6.07) is 0. The van der Waals surface area contributed by atoms with Crippen LogP contribution in [0.25, 0.3) is 0 Å². The molecule has 8 heteroatoms. The first-order valence-electron chi connectivity index (χ1n) is 9.04. The highest BCUT2D eigenvalue weighted by atomic mass is 32.2. The third-order valence-electron chi connectivity index (χ3n) is 4.84. The number of rotatable bonds is 1. The number of alkyl halides is 2. The normalized spacial score (nSPS) is 25.6. The van der Waals surface area contributed by atoms with Crippen LogP contribution in [0.15, 0.2) is 4.40 Å². The lowest BCUT2D eigenvalue weighted by Crippen LogP contribution is -2.48. The van der Waals surface area contributed by atoms with E-state index in [2.05, 4.69) is 4.40 Å². The third kappa shape index (κ3) is 4.68. The maximum atomic E-state index is 14.5. The topological polar surface area (TPSA) is 65.0 Å². The van der Waals surface area contributed by atoms with Crippen molar-refractivity contribution in [3.8, 4) is 0 Å². The van der Waals surface area contributed by atoms with E-state index >= 15 is 0 Å². The molecule has 1 atom stereocenters. The van der Waals surface area contributed by atoms with Gasteiger partial charge in [0.25, 0.3) is 5.92 Å². The molecule has 26 heavy (non-hydrogen) atoms. The van der Waals surface area contributed by atoms with Crippen LogP contribution < -0.4 is 0 Å². The molecule has 1 amide bonds. The highest BCUT2D eigenvalue weighted by molar-refractivity contribution is 7.91. The van der Waals surface area contributed by atoms with Crippen molar-refractivity contribution in [2.75, 3.05) is 13.1 Å². The van der Waals surface area contributed by atoms with E-state index in [1.165, 1.54) is 0 Å². The zero-order valence-corrected chi connectivity index (χ0v) is 17.3. The highest BCUT2D eigenvalue weighted by Gasteiger charge is 2.58. The quantitative estimate of drug-likeness (QED) is 0.624. The molecule has 0 aromatic heterocycles. The molecule has 0 aromatic carbocycles. The van der Waals surface area contributed by atoms with Crippen LogP contribution in [-0.2, 0) is 16.1 Å². The summed E-state index contributed by atoms with van der Waals surface area (Å²) < 4.78 is 50.0. The zero-order chi connectivity index (χ0) is 20.0. The number of amides is 1. The van der Waals surface area contributed by atoms with E-state index in [9.17, 15) is 18.1 Å². The van der Waals surface area contributed by atoms with Crippen LogP contribution >= 0.6 is 0 Å². The fraction of sp³-hybridized carbons (Fsp3) is 0.889. The molecule has 1 heterocycles. The van der Waals surface area contributed by atoms with Gasteiger partial charge in [0.1, 0.15) is 27.4 Å². The Kier molecular flexibility index (Phi) is 5.71. The number of ether oxygens (including phenoxy) is 1. The number of carbonyl (C=O) groups is 1. The van der Waals surface area contributed by atoms with E-state index in [1.54, 1.807) is 46.4 Å². The third-order valence-corrected chi connectivity index (χ3v) is 6.23. The minimum Gasteiger partial charge on any atom is -0.591 e. The average molecular weight is 393 g/mol. The molecule has 0 aromatic rings. The number of halogens is 2. The standard InChI is InChI=1S/C18H30F2N2O3S/c1-15(2,3)25-14(23)22-11-9-17(10-12-22)7-8-18(19,20)13(17)21-26(24)16(4,5)6/h7-12H2,1-6H3. The molecular weight excluding hydrogens is 362 g/mol. The summed E-state index contributed by atoms with van der Waals surface area (Å²) in [6.45, 7) is 11.2. The summed E-state index contributed by atoms with van der Waals surface area (Å²) in [5.74, 6) is -3.03. The Morgan fingerprint density at radius 3 is 2.12 bits per heavy atom. The van der Waals surface area contributed by atoms with E-state index in [4.69, 9.17) is 4.74 Å². The van der Waals surface area contributed by atoms with Gasteiger partial charge in [-0.05, 0) is 60.8 Å². The maximum Gasteiger partial charge on any atom is 0.410 e. The molecule has 1 saturated carbocycles. The van der Waals surface area contributed by atoms with Crippen molar-refractivity contribution in [2.24, 2.45) is 9.81 Å². The average Bonchev–Trinajstić information content (AvgIpc) is 2.70. The maximum absolute atomic E-state index is 14.5. The van der Waals surface area contributed by atoms with Crippen LogP contribution in [0, 0.1) is 5.41 Å². The lowest BCUT2D eigenvalue weighted by atomic mass is 9.75. The molecule has 1 unspecified atom stereocenters. The van der Waals surface area contributed by atoms with E-state index in [0.29, 0.717) is 32.4 Å². The van der Waals surface area contributed by atoms with Crippen molar-refractivity contribution in [2.45, 2.75) is 83.5 Å². The zero-order valence-electron chi connectivity index (χ0n) is 16.5. The molecule has 1 spiro atoms. The summed E-state index contributed by atoms with van der Waals surface area (Å²) in [5.41, 5.74) is -1.60. The van der Waals surface area contributed by atoms with Crippen molar-refractivity contribution in [1.82, 2.24) is 4.90 Å². The van der Waals surface area contributed by atoms with E-state index in [-0.39, 0.29) is 12.1 Å². The Bertz CT molecular complexity index is 574. The van der Waals surface area contributed by atoms with Crippen molar-refractivity contribution in [1.29, 1.82) is 0 Å². The Morgan fingerprint density at radius 1 is 1.12 bits per heavy atom. The molecule has 150 valence electrons. The SMILES string of the molecule is CC(C)(C)OC(=O)N1CCC2(CC1)CCC(F)(F)C2=N[S+]([O-])C(C)(C)C. The summed E-state index contributed by atoms with van der Waals surface area (Å²) in [4.78, 5) is 13.8. The summed E-state index contributed by atoms with van der Waals surface area (Å²) in [7, 11) is 0. The molecule has 2 rings (SSSR count). The van der Waals surface area contributed by atoms with Gasteiger partial charge in [0, 0.05) is 24.9 Å². The largest absolute Gasteiger partial charge is 0.591 e. The van der Waals surface area contributed by atoms with Crippen molar-refractivity contribution < 1.29 is 22.9 Å². The van der Waals surface area contributed by atoms with E-state index in [1.807, 2.05) is 0 Å². The number of carbonyl (C=O) groups excluding carboxylic acids is 1. The summed E-state index contributed by atoms with van der Waals surface area (Å²) in [5, 5.41) is 0. The van der Waals surface area contributed by atoms with Gasteiger partial charge < -0.3 is 14.2 Å². The van der Waals surface area contributed by atoms with Gasteiger partial charge in [-0.15, -0.1) is 0 Å². The number of likely N-dealkylation sites (tertiary alicyclic amines) is 1. The van der Waals surface area contributed by atoms with Crippen molar-refractivity contribution in [3.63, 3.8) is 0 Å². The molecule has 2 fully saturated rings. The van der Waals surface area contributed by atoms with Crippen LogP contribution in [0.2, 0.25) is 0 Å². The van der Waals surface area contributed by atoms with Gasteiger partial charge in [0.15, 0.2) is 0 Å². The smallest absolute Gasteiger partial charge is 0.410 e. The molecule has 1 saturated heterocycles. The lowest BCUT2D eigenvalue weighted by Gasteiger charge is -2.39. The Balaban J connectivity index is 2.17. The molecule has 0 N–H and O–H groups in total. The Morgan fingerprint density at radius 2 is 1.65 bits per heavy atom. The molecule has 0 bridgehead atoms. The van der Waals surface area contributed by atoms with E-state index < -0.39 is 39.1 Å². The van der Waals surface area contributed by atoms with Crippen molar-refractivity contribution >= 4 is 23.2 Å². The van der Waals surface area contributed by atoms with Gasteiger partial charge in [-0.1, -0.05) is 4.40 Å². The van der Waals surface area contributed by atoms with Gasteiger partial charge >= 0.3 is 6.09 Å². The molecule has 5 nitrogen and oxygen atoms in total. The first-order valence-corrected chi connectivity index (χ1v) is 10.1. The molecular formula is C18H30F2N2O3S. The summed E-state index contributed by atoms with van der Waals surface area (Å²) >= 11 is -1.73. The van der Waals surface area contributed by atoms with E-state index in [0.717, 1.165) is 0 Å². The minimum atomic E-state index is -3.03. The highest BCUT2D eigenvalue weighted by Crippen LogP contribution is 2.51. The number of hydrogen-bond donors (Lipinski definition) is 0. The fourth-order valence-electron chi connectivity index (χ4n) is 3.34. The number of hydrogen-bond acceptors (Lipinski definition) is 4. The molecule has 2 aliphatic rings. The number of nitrogens with zero attached hydrogens (tertiary/aromatic N) is 2. The van der Waals surface area contributed by atoms with Gasteiger partial charge in [-0.3, -0.25) is 0 Å². The van der Waals surface area contributed by atoms with Gasteiger partial charge in [-0.25, -0.2) is 4.79 Å². The van der Waals surface area contributed by atoms with Gasteiger partial charge in [-0.2, -0.15) is 8.78 Å². The Labute approximate surface area is 157 Å². The second-order valence-corrected chi connectivity index (χ2v) is 11.2. The number of piperidine rings is 1. The lowest BCUT2D eigenvalue weighted by molar-refractivity contribution is 0.0156. The van der Waals surface area contributed by atoms with Crippen LogP contribution in [0.4, 0.5) is 13.6 Å². The first kappa shape index (κ1) is 21.4. The van der Waals surface area contributed by atoms with Gasteiger partial charge in [0.05, 0.1) is 0 Å². The predicted octanol–water partition coefficient (Wildman–Crippen LogP) is 4.34. The van der Waals surface area contributed by atoms with Crippen LogP contribution in [0.5, 0.6) is 0 Å². The second kappa shape index (κ2) is 6.93. The monoisotopic (exact) mass is 392 g/mol.